The normalized spacial score (nSPS) is 10.3. The van der Waals surface area contributed by atoms with Gasteiger partial charge < -0.3 is 11.1 Å². The lowest BCUT2D eigenvalue weighted by Crippen LogP contribution is -2.09. The predicted molar refractivity (Wildman–Crippen MR) is 84.4 cm³/mol. The van der Waals surface area contributed by atoms with Crippen LogP contribution in [0, 0.1) is 12.7 Å². The van der Waals surface area contributed by atoms with E-state index in [9.17, 15) is 4.39 Å². The van der Waals surface area contributed by atoms with Crippen molar-refractivity contribution < 1.29 is 4.39 Å². The standard InChI is InChI=1S/C14H12BrFN2S/c1-8-11(16)3-2-4-12(8)18-13-6-5-9(14(17)19)7-10(13)15/h2-7,18H,1H3,(H2,17,19). The third-order valence-electron chi connectivity index (χ3n) is 2.79. The number of thiocarbonyl (C=S) groups is 1. The van der Waals surface area contributed by atoms with Crippen LogP contribution in [0.4, 0.5) is 15.8 Å². The van der Waals surface area contributed by atoms with Gasteiger partial charge in [-0.05, 0) is 53.2 Å². The van der Waals surface area contributed by atoms with E-state index in [0.717, 1.165) is 21.4 Å². The van der Waals surface area contributed by atoms with E-state index in [0.29, 0.717) is 10.6 Å². The molecule has 2 aromatic carbocycles. The van der Waals surface area contributed by atoms with E-state index in [1.807, 2.05) is 24.3 Å². The van der Waals surface area contributed by atoms with Gasteiger partial charge in [0, 0.05) is 21.3 Å². The van der Waals surface area contributed by atoms with Gasteiger partial charge in [0.15, 0.2) is 0 Å². The van der Waals surface area contributed by atoms with Crippen molar-refractivity contribution in [2.45, 2.75) is 6.92 Å². The van der Waals surface area contributed by atoms with Gasteiger partial charge in [0.05, 0.1) is 5.69 Å². The Morgan fingerprint density at radius 3 is 2.63 bits per heavy atom. The summed E-state index contributed by atoms with van der Waals surface area (Å²) in [5.41, 5.74) is 8.48. The number of hydrogen-bond acceptors (Lipinski definition) is 2. The Labute approximate surface area is 124 Å². The largest absolute Gasteiger partial charge is 0.389 e. The van der Waals surface area contributed by atoms with Crippen LogP contribution in [0.25, 0.3) is 0 Å². The Balaban J connectivity index is 2.34. The molecular formula is C14H12BrFN2S. The second-order valence-corrected chi connectivity index (χ2v) is 5.39. The quantitative estimate of drug-likeness (QED) is 0.820. The predicted octanol–water partition coefficient (Wildman–Crippen LogP) is 4.27. The third kappa shape index (κ3) is 3.11. The summed E-state index contributed by atoms with van der Waals surface area (Å²) in [6.07, 6.45) is 0. The molecule has 98 valence electrons. The van der Waals surface area contributed by atoms with Crippen molar-refractivity contribution >= 4 is 44.5 Å². The lowest BCUT2D eigenvalue weighted by Gasteiger charge is -2.12. The molecule has 0 saturated heterocycles. The first-order valence-electron chi connectivity index (χ1n) is 5.60. The second-order valence-electron chi connectivity index (χ2n) is 4.10. The molecule has 2 aromatic rings. The average Bonchev–Trinajstić information content (AvgIpc) is 2.37. The number of benzene rings is 2. The minimum Gasteiger partial charge on any atom is -0.389 e. The van der Waals surface area contributed by atoms with Crippen LogP contribution in [-0.4, -0.2) is 4.99 Å². The van der Waals surface area contributed by atoms with Crippen molar-refractivity contribution in [3.05, 3.63) is 57.8 Å². The van der Waals surface area contributed by atoms with Gasteiger partial charge in [-0.15, -0.1) is 0 Å². The molecule has 0 saturated carbocycles. The van der Waals surface area contributed by atoms with Crippen LogP contribution in [0.1, 0.15) is 11.1 Å². The molecule has 0 aromatic heterocycles. The fourth-order valence-electron chi connectivity index (χ4n) is 1.66. The first-order chi connectivity index (χ1) is 8.99. The molecule has 0 radical (unpaired) electrons. The van der Waals surface area contributed by atoms with Gasteiger partial charge in [0.25, 0.3) is 0 Å². The molecule has 0 aliphatic rings. The molecule has 19 heavy (non-hydrogen) atoms. The molecule has 0 unspecified atom stereocenters. The average molecular weight is 339 g/mol. The summed E-state index contributed by atoms with van der Waals surface area (Å²) in [5, 5.41) is 3.18. The summed E-state index contributed by atoms with van der Waals surface area (Å²) in [7, 11) is 0. The highest BCUT2D eigenvalue weighted by Gasteiger charge is 2.07. The Kier molecular flexibility index (Phi) is 4.17. The molecule has 2 rings (SSSR count). The fraction of sp³-hybridized carbons (Fsp3) is 0.0714. The molecule has 3 N–H and O–H groups in total. The second kappa shape index (κ2) is 5.67. The van der Waals surface area contributed by atoms with Gasteiger partial charge in [-0.2, -0.15) is 0 Å². The maximum atomic E-state index is 13.5. The summed E-state index contributed by atoms with van der Waals surface area (Å²) in [6.45, 7) is 1.73. The van der Waals surface area contributed by atoms with Gasteiger partial charge in [-0.1, -0.05) is 18.3 Å². The molecule has 0 heterocycles. The maximum Gasteiger partial charge on any atom is 0.128 e. The lowest BCUT2D eigenvalue weighted by atomic mass is 10.1. The Morgan fingerprint density at radius 2 is 2.00 bits per heavy atom. The molecule has 2 nitrogen and oxygen atoms in total. The van der Waals surface area contributed by atoms with Crippen LogP contribution >= 0.6 is 28.1 Å². The SMILES string of the molecule is Cc1c(F)cccc1Nc1ccc(C(N)=S)cc1Br. The summed E-state index contributed by atoms with van der Waals surface area (Å²) in [4.78, 5) is 0.342. The van der Waals surface area contributed by atoms with Crippen molar-refractivity contribution in [1.82, 2.24) is 0 Å². The summed E-state index contributed by atoms with van der Waals surface area (Å²) in [6, 6.07) is 10.4. The Morgan fingerprint density at radius 1 is 1.26 bits per heavy atom. The van der Waals surface area contributed by atoms with Crippen molar-refractivity contribution in [2.24, 2.45) is 5.73 Å². The molecule has 0 aliphatic carbocycles. The van der Waals surface area contributed by atoms with Crippen molar-refractivity contribution in [3.63, 3.8) is 0 Å². The van der Waals surface area contributed by atoms with Gasteiger partial charge >= 0.3 is 0 Å². The highest BCUT2D eigenvalue weighted by Crippen LogP contribution is 2.29. The monoisotopic (exact) mass is 338 g/mol. The van der Waals surface area contributed by atoms with Gasteiger partial charge in [0.2, 0.25) is 0 Å². The third-order valence-corrected chi connectivity index (χ3v) is 3.68. The zero-order chi connectivity index (χ0) is 14.0. The van der Waals surface area contributed by atoms with Crippen LogP contribution in [0.5, 0.6) is 0 Å². The number of rotatable bonds is 3. The topological polar surface area (TPSA) is 38.0 Å². The lowest BCUT2D eigenvalue weighted by molar-refractivity contribution is 0.619. The Bertz CT molecular complexity index is 643. The smallest absolute Gasteiger partial charge is 0.128 e. The summed E-state index contributed by atoms with van der Waals surface area (Å²) in [5.74, 6) is -0.235. The minimum atomic E-state index is -0.235. The summed E-state index contributed by atoms with van der Waals surface area (Å²) < 4.78 is 14.3. The van der Waals surface area contributed by atoms with E-state index in [4.69, 9.17) is 18.0 Å². The van der Waals surface area contributed by atoms with Gasteiger partial charge in [-0.25, -0.2) is 4.39 Å². The van der Waals surface area contributed by atoms with Crippen molar-refractivity contribution in [3.8, 4) is 0 Å². The number of nitrogens with two attached hydrogens (primary N) is 1. The van der Waals surface area contributed by atoms with E-state index < -0.39 is 0 Å². The molecule has 0 bridgehead atoms. The molecule has 0 amide bonds. The first kappa shape index (κ1) is 14.0. The van der Waals surface area contributed by atoms with Crippen LogP contribution < -0.4 is 11.1 Å². The summed E-state index contributed by atoms with van der Waals surface area (Å²) >= 11 is 8.36. The van der Waals surface area contributed by atoms with E-state index in [2.05, 4.69) is 21.2 Å². The number of halogens is 2. The minimum absolute atomic E-state index is 0.235. The maximum absolute atomic E-state index is 13.5. The zero-order valence-electron chi connectivity index (χ0n) is 10.2. The highest BCUT2D eigenvalue weighted by atomic mass is 79.9. The van der Waals surface area contributed by atoms with Crippen LogP contribution in [-0.2, 0) is 0 Å². The van der Waals surface area contributed by atoms with Gasteiger partial charge in [-0.3, -0.25) is 0 Å². The van der Waals surface area contributed by atoms with Gasteiger partial charge in [0.1, 0.15) is 10.8 Å². The van der Waals surface area contributed by atoms with E-state index in [1.54, 1.807) is 13.0 Å². The molecular weight excluding hydrogens is 327 g/mol. The van der Waals surface area contributed by atoms with Crippen molar-refractivity contribution in [2.75, 3.05) is 5.32 Å². The molecule has 0 spiro atoms. The van der Waals surface area contributed by atoms with E-state index >= 15 is 0 Å². The van der Waals surface area contributed by atoms with E-state index in [1.165, 1.54) is 6.07 Å². The van der Waals surface area contributed by atoms with E-state index in [-0.39, 0.29) is 5.82 Å². The molecule has 0 fully saturated rings. The van der Waals surface area contributed by atoms with Crippen LogP contribution in [0.3, 0.4) is 0 Å². The number of hydrogen-bond donors (Lipinski definition) is 2. The van der Waals surface area contributed by atoms with Crippen molar-refractivity contribution in [1.29, 1.82) is 0 Å². The molecule has 0 atom stereocenters. The molecule has 5 heteroatoms. The zero-order valence-corrected chi connectivity index (χ0v) is 12.6. The first-order valence-corrected chi connectivity index (χ1v) is 6.80. The number of nitrogens with one attached hydrogen (secondary N) is 1. The highest BCUT2D eigenvalue weighted by molar-refractivity contribution is 9.10. The fourth-order valence-corrected chi connectivity index (χ4v) is 2.26. The van der Waals surface area contributed by atoms with Crippen LogP contribution in [0.15, 0.2) is 40.9 Å². The molecule has 0 aliphatic heterocycles. The Hall–Kier alpha value is -1.46. The van der Waals surface area contributed by atoms with Crippen LogP contribution in [0.2, 0.25) is 0 Å². The number of anilines is 2.